The summed E-state index contributed by atoms with van der Waals surface area (Å²) in [5.41, 5.74) is 6.29. The number of ether oxygens (including phenoxy) is 1. The maximum absolute atomic E-state index is 13.4. The fourth-order valence-electron chi connectivity index (χ4n) is 4.43. The topological polar surface area (TPSA) is 262 Å². The monoisotopic (exact) mass is 744 g/mol. The lowest BCUT2D eigenvalue weighted by molar-refractivity contribution is -0.135. The van der Waals surface area contributed by atoms with E-state index in [2.05, 4.69) is 42.5 Å². The van der Waals surface area contributed by atoms with Gasteiger partial charge in [-0.15, -0.1) is 0 Å². The minimum Gasteiger partial charge on any atom is -0.445 e. The number of alkyl halides is 1. The normalized spacial score (nSPS) is 14.0. The largest absolute Gasteiger partial charge is 0.475 e. The highest BCUT2D eigenvalue weighted by atomic mass is 79.9. The van der Waals surface area contributed by atoms with Crippen LogP contribution >= 0.6 is 15.9 Å². The van der Waals surface area contributed by atoms with Crippen molar-refractivity contribution in [2.45, 2.75) is 95.0 Å². The van der Waals surface area contributed by atoms with Gasteiger partial charge in [-0.3, -0.25) is 19.2 Å². The Labute approximate surface area is 289 Å². The molecule has 11 N–H and O–H groups in total. The number of unbranched alkanes of at least 4 members (excludes halogenated alkanes) is 2. The number of benzene rings is 1. The smallest absolute Gasteiger partial charge is 0.445 e. The number of nitrogens with one attached hydrogen (secondary N) is 5. The number of alkyl carbamates (subject to hydrolysis) is 1. The number of nitrogens with two attached hydrogens (primary N) is 1. The summed E-state index contributed by atoms with van der Waals surface area (Å²) in [5.74, 6) is -4.23. The first-order chi connectivity index (χ1) is 23.0. The zero-order valence-electron chi connectivity index (χ0n) is 27.2. The molecule has 0 fully saturated rings. The zero-order chi connectivity index (χ0) is 35.9. The van der Waals surface area contributed by atoms with E-state index in [-0.39, 0.29) is 25.9 Å². The van der Waals surface area contributed by atoms with Gasteiger partial charge < -0.3 is 57.3 Å². The molecule has 0 radical (unpaired) electrons. The van der Waals surface area contributed by atoms with Gasteiger partial charge >= 0.3 is 13.2 Å². The van der Waals surface area contributed by atoms with Gasteiger partial charge in [0.25, 0.3) is 0 Å². The molecule has 1 aromatic rings. The van der Waals surface area contributed by atoms with Crippen molar-refractivity contribution in [3.8, 4) is 0 Å². The predicted octanol–water partition coefficient (Wildman–Crippen LogP) is -1.29. The minimum atomic E-state index is -1.81. The highest BCUT2D eigenvalue weighted by Crippen LogP contribution is 2.08. The number of amides is 5. The van der Waals surface area contributed by atoms with Crippen molar-refractivity contribution in [3.63, 3.8) is 0 Å². The van der Waals surface area contributed by atoms with Gasteiger partial charge in [-0.1, -0.05) is 66.0 Å². The van der Waals surface area contributed by atoms with Crippen molar-refractivity contribution in [1.82, 2.24) is 26.6 Å². The van der Waals surface area contributed by atoms with Gasteiger partial charge in [0.05, 0.1) is 19.2 Å². The van der Waals surface area contributed by atoms with Crippen molar-refractivity contribution in [3.05, 3.63) is 35.9 Å². The van der Waals surface area contributed by atoms with Crippen molar-refractivity contribution < 1.29 is 49.0 Å². The van der Waals surface area contributed by atoms with Crippen LogP contribution in [0, 0.1) is 0 Å². The number of hydrogen-bond donors (Lipinski definition) is 10. The van der Waals surface area contributed by atoms with Crippen LogP contribution in [0.5, 0.6) is 0 Å². The minimum absolute atomic E-state index is 0.0935. The van der Waals surface area contributed by atoms with E-state index in [0.29, 0.717) is 49.5 Å². The van der Waals surface area contributed by atoms with Crippen LogP contribution in [-0.4, -0.2) is 112 Å². The van der Waals surface area contributed by atoms with E-state index in [9.17, 15) is 44.2 Å². The van der Waals surface area contributed by atoms with Gasteiger partial charge in [0.1, 0.15) is 30.8 Å². The van der Waals surface area contributed by atoms with Gasteiger partial charge in [-0.2, -0.15) is 0 Å². The molecule has 0 spiro atoms. The van der Waals surface area contributed by atoms with Crippen LogP contribution in [-0.2, 0) is 30.5 Å². The Hall–Kier alpha value is -3.29. The van der Waals surface area contributed by atoms with E-state index in [1.54, 1.807) is 30.3 Å². The van der Waals surface area contributed by atoms with E-state index in [0.717, 1.165) is 0 Å². The number of carbonyl (C=O) groups is 5. The average Bonchev–Trinajstić information content (AvgIpc) is 3.08. The first kappa shape index (κ1) is 42.7. The summed E-state index contributed by atoms with van der Waals surface area (Å²) in [6, 6.07) is 3.40. The summed E-state index contributed by atoms with van der Waals surface area (Å²) in [4.78, 5) is 64.7. The summed E-state index contributed by atoms with van der Waals surface area (Å²) < 4.78 is 5.06. The van der Waals surface area contributed by atoms with Gasteiger partial charge in [0, 0.05) is 5.33 Å². The van der Waals surface area contributed by atoms with Gasteiger partial charge in [-0.05, 0) is 50.6 Å². The molecule has 0 heterocycles. The Kier molecular flexibility index (Phi) is 22.1. The summed E-state index contributed by atoms with van der Waals surface area (Å²) in [6.45, 7) is 0.399. The van der Waals surface area contributed by atoms with Gasteiger partial charge in [0.15, 0.2) is 0 Å². The fourth-order valence-corrected chi connectivity index (χ4v) is 4.75. The lowest BCUT2D eigenvalue weighted by atomic mass is 9.76. The number of hydrogen-bond acceptors (Lipinski definition) is 11. The third-order valence-electron chi connectivity index (χ3n) is 7.21. The second-order valence-electron chi connectivity index (χ2n) is 11.1. The Morgan fingerprint density at radius 1 is 0.750 bits per heavy atom. The summed E-state index contributed by atoms with van der Waals surface area (Å²) in [6.07, 6.45) is 2.39. The standard InChI is InChI=1S/C30H50BBrN6O10/c1-2-3-12-21(27(42)38-25(31(46)47)14-9-15-32)34-26(41)22(13-7-8-16-33)35-28(43)23(17-39)36-29(44)24(18-40)37-30(45)48-19-20-10-5-4-6-11-20/h4-6,10-11,21-25,39-40,46-47H,2-3,7-9,12-19,33H2,1H3,(H,34,41)(H,35,43)(H,36,44)(H,37,45)(H,38,42)/t21-,22-,23-,24-,25+/m0/s1. The molecule has 1 rings (SSSR count). The maximum Gasteiger partial charge on any atom is 0.475 e. The molecule has 0 aliphatic heterocycles. The lowest BCUT2D eigenvalue weighted by Crippen LogP contribution is -2.60. The maximum atomic E-state index is 13.4. The SMILES string of the molecule is CCCC[C@H](NC(=O)[C@H](CCCCN)NC(=O)[C@H](CO)NC(=O)[C@H](CO)NC(=O)OCc1ccccc1)C(=O)N[C@H](CCCBr)B(O)O. The Morgan fingerprint density at radius 3 is 1.79 bits per heavy atom. The Balaban J connectivity index is 2.96. The highest BCUT2D eigenvalue weighted by Gasteiger charge is 2.32. The van der Waals surface area contributed by atoms with Crippen LogP contribution < -0.4 is 32.3 Å². The number of carbonyl (C=O) groups excluding carboxylic acids is 5. The van der Waals surface area contributed by atoms with Crippen molar-refractivity contribution in [2.24, 2.45) is 5.73 Å². The molecule has 48 heavy (non-hydrogen) atoms. The molecule has 18 heteroatoms. The van der Waals surface area contributed by atoms with E-state index in [1.165, 1.54) is 0 Å². The molecule has 270 valence electrons. The predicted molar refractivity (Wildman–Crippen MR) is 181 cm³/mol. The molecule has 0 saturated heterocycles. The average molecular weight is 745 g/mol. The summed E-state index contributed by atoms with van der Waals surface area (Å²) in [5, 5.41) is 51.8. The molecule has 0 bridgehead atoms. The highest BCUT2D eigenvalue weighted by molar-refractivity contribution is 9.09. The van der Waals surface area contributed by atoms with Crippen LogP contribution in [0.15, 0.2) is 30.3 Å². The molecular formula is C30H50BBrN6O10. The van der Waals surface area contributed by atoms with Crippen LogP contribution in [0.3, 0.4) is 0 Å². The summed E-state index contributed by atoms with van der Waals surface area (Å²) >= 11 is 3.26. The van der Waals surface area contributed by atoms with Gasteiger partial charge in [0.2, 0.25) is 23.6 Å². The molecular weight excluding hydrogens is 695 g/mol. The number of aliphatic hydroxyl groups is 2. The number of rotatable bonds is 24. The van der Waals surface area contributed by atoms with E-state index in [1.807, 2.05) is 6.92 Å². The van der Waals surface area contributed by atoms with Crippen LogP contribution in [0.25, 0.3) is 0 Å². The third-order valence-corrected chi connectivity index (χ3v) is 7.78. The van der Waals surface area contributed by atoms with Crippen molar-refractivity contribution in [2.75, 3.05) is 25.1 Å². The molecule has 0 unspecified atom stereocenters. The molecule has 0 aliphatic carbocycles. The molecule has 5 atom stereocenters. The first-order valence-corrected chi connectivity index (χ1v) is 17.2. The first-order valence-electron chi connectivity index (χ1n) is 16.0. The number of halogens is 1. The second-order valence-corrected chi connectivity index (χ2v) is 11.9. The molecule has 0 aromatic heterocycles. The van der Waals surface area contributed by atoms with E-state index in [4.69, 9.17) is 10.5 Å². The van der Waals surface area contributed by atoms with Crippen LogP contribution in [0.2, 0.25) is 0 Å². The fraction of sp³-hybridized carbons (Fsp3) is 0.633. The lowest BCUT2D eigenvalue weighted by Gasteiger charge is -2.26. The summed E-state index contributed by atoms with van der Waals surface area (Å²) in [7, 11) is -1.81. The molecule has 5 amide bonds. The Bertz CT molecular complexity index is 1120. The molecule has 0 aliphatic rings. The second kappa shape index (κ2) is 24.8. The Morgan fingerprint density at radius 2 is 1.27 bits per heavy atom. The third kappa shape index (κ3) is 16.7. The van der Waals surface area contributed by atoms with E-state index >= 15 is 0 Å². The van der Waals surface area contributed by atoms with Crippen molar-refractivity contribution >= 4 is 52.8 Å². The zero-order valence-corrected chi connectivity index (χ0v) is 28.8. The number of aliphatic hydroxyl groups excluding tert-OH is 2. The van der Waals surface area contributed by atoms with Crippen molar-refractivity contribution in [1.29, 1.82) is 0 Å². The molecule has 16 nitrogen and oxygen atoms in total. The van der Waals surface area contributed by atoms with E-state index < -0.39 is 80.2 Å². The van der Waals surface area contributed by atoms with Crippen LogP contribution in [0.4, 0.5) is 4.79 Å². The molecule has 0 saturated carbocycles. The molecule has 1 aromatic carbocycles. The van der Waals surface area contributed by atoms with Crippen LogP contribution in [0.1, 0.15) is 63.9 Å². The van der Waals surface area contributed by atoms with Gasteiger partial charge in [-0.25, -0.2) is 4.79 Å². The quantitative estimate of drug-likeness (QED) is 0.0338.